The van der Waals surface area contributed by atoms with Crippen LogP contribution in [0.3, 0.4) is 0 Å². The number of guanidine groups is 1. The molecular weight excluding hydrogens is 341 g/mol. The third-order valence-electron chi connectivity index (χ3n) is 4.24. The molecule has 2 N–H and O–H groups in total. The van der Waals surface area contributed by atoms with Crippen LogP contribution in [0, 0.1) is 5.41 Å². The maximum atomic E-state index is 5.85. The molecule has 1 saturated carbocycles. The van der Waals surface area contributed by atoms with E-state index in [0.717, 1.165) is 31.8 Å². The molecule has 2 atom stereocenters. The van der Waals surface area contributed by atoms with Crippen LogP contribution in [-0.2, 0) is 4.74 Å². The first-order valence-corrected chi connectivity index (χ1v) is 6.71. The number of hydrogen-bond donors (Lipinski definition) is 2. The van der Waals surface area contributed by atoms with Gasteiger partial charge in [0.1, 0.15) is 0 Å². The molecule has 0 amide bonds. The minimum atomic E-state index is 0. The van der Waals surface area contributed by atoms with Crippen molar-refractivity contribution >= 4 is 29.9 Å². The summed E-state index contributed by atoms with van der Waals surface area (Å²) in [6.45, 7) is 7.39. The maximum Gasteiger partial charge on any atom is 0.190 e. The molecule has 0 aliphatic heterocycles. The van der Waals surface area contributed by atoms with Gasteiger partial charge in [-0.15, -0.1) is 24.0 Å². The van der Waals surface area contributed by atoms with Gasteiger partial charge in [0.2, 0.25) is 0 Å². The van der Waals surface area contributed by atoms with Crippen molar-refractivity contribution in [2.75, 3.05) is 20.7 Å². The van der Waals surface area contributed by atoms with Gasteiger partial charge in [-0.3, -0.25) is 4.99 Å². The standard InChI is InChI=1S/C13H27N3O.HI/c1-6-13(7-2)10(9-11(13)17-8-3)16-12(14-4)15-5;/h10-11H,6-9H2,1-5H3,(H2,14,15,16);1H. The summed E-state index contributed by atoms with van der Waals surface area (Å²) < 4.78 is 5.85. The van der Waals surface area contributed by atoms with E-state index in [4.69, 9.17) is 4.74 Å². The fourth-order valence-corrected chi connectivity index (χ4v) is 3.00. The van der Waals surface area contributed by atoms with E-state index in [9.17, 15) is 0 Å². The normalized spacial score (nSPS) is 25.9. The van der Waals surface area contributed by atoms with Gasteiger partial charge >= 0.3 is 0 Å². The molecule has 18 heavy (non-hydrogen) atoms. The number of ether oxygens (including phenoxy) is 1. The molecule has 0 heterocycles. The van der Waals surface area contributed by atoms with E-state index in [1.54, 1.807) is 7.05 Å². The van der Waals surface area contributed by atoms with E-state index >= 15 is 0 Å². The van der Waals surface area contributed by atoms with E-state index in [1.807, 2.05) is 7.05 Å². The Hall–Kier alpha value is -0.0400. The van der Waals surface area contributed by atoms with Crippen molar-refractivity contribution in [3.8, 4) is 0 Å². The molecule has 0 aromatic rings. The first kappa shape index (κ1) is 18.0. The number of halogens is 1. The lowest BCUT2D eigenvalue weighted by molar-refractivity contribution is -0.133. The van der Waals surface area contributed by atoms with E-state index in [2.05, 4.69) is 36.4 Å². The van der Waals surface area contributed by atoms with Crippen LogP contribution < -0.4 is 10.6 Å². The summed E-state index contributed by atoms with van der Waals surface area (Å²) in [6, 6.07) is 0.472. The number of hydrogen-bond acceptors (Lipinski definition) is 2. The minimum absolute atomic E-state index is 0. The average Bonchev–Trinajstić information content (AvgIpc) is 2.35. The summed E-state index contributed by atoms with van der Waals surface area (Å²) in [7, 11) is 3.70. The van der Waals surface area contributed by atoms with Gasteiger partial charge in [-0.05, 0) is 26.2 Å². The van der Waals surface area contributed by atoms with Crippen molar-refractivity contribution in [1.29, 1.82) is 0 Å². The Balaban J connectivity index is 0.00000289. The molecule has 1 rings (SSSR count). The number of aliphatic imine (C=N–C) groups is 1. The van der Waals surface area contributed by atoms with Crippen LogP contribution in [0.4, 0.5) is 0 Å². The lowest BCUT2D eigenvalue weighted by Crippen LogP contribution is -2.65. The summed E-state index contributed by atoms with van der Waals surface area (Å²) in [5, 5.41) is 6.57. The van der Waals surface area contributed by atoms with Gasteiger partial charge in [-0.1, -0.05) is 13.8 Å². The Labute approximate surface area is 128 Å². The molecule has 2 unspecified atom stereocenters. The highest BCUT2D eigenvalue weighted by Crippen LogP contribution is 2.48. The summed E-state index contributed by atoms with van der Waals surface area (Å²) in [6.07, 6.45) is 3.77. The maximum absolute atomic E-state index is 5.85. The topological polar surface area (TPSA) is 45.6 Å². The van der Waals surface area contributed by atoms with Crippen molar-refractivity contribution in [3.63, 3.8) is 0 Å². The van der Waals surface area contributed by atoms with E-state index < -0.39 is 0 Å². The second kappa shape index (κ2) is 8.19. The first-order valence-electron chi connectivity index (χ1n) is 6.71. The molecule has 0 saturated heterocycles. The zero-order valence-electron chi connectivity index (χ0n) is 12.2. The molecule has 0 bridgehead atoms. The molecule has 4 nitrogen and oxygen atoms in total. The second-order valence-corrected chi connectivity index (χ2v) is 4.64. The van der Waals surface area contributed by atoms with Gasteiger partial charge in [0, 0.05) is 32.2 Å². The van der Waals surface area contributed by atoms with Crippen LogP contribution in [0.2, 0.25) is 0 Å². The molecule has 0 radical (unpaired) electrons. The van der Waals surface area contributed by atoms with Crippen molar-refractivity contribution in [1.82, 2.24) is 10.6 Å². The number of nitrogens with zero attached hydrogens (tertiary/aromatic N) is 1. The Kier molecular flexibility index (Phi) is 8.18. The monoisotopic (exact) mass is 369 g/mol. The van der Waals surface area contributed by atoms with E-state index in [-0.39, 0.29) is 29.4 Å². The van der Waals surface area contributed by atoms with Gasteiger partial charge in [0.15, 0.2) is 5.96 Å². The molecule has 5 heteroatoms. The van der Waals surface area contributed by atoms with Crippen LogP contribution in [-0.4, -0.2) is 38.8 Å². The predicted molar refractivity (Wildman–Crippen MR) is 87.8 cm³/mol. The fourth-order valence-electron chi connectivity index (χ4n) is 3.00. The Morgan fingerprint density at radius 3 is 2.33 bits per heavy atom. The highest BCUT2D eigenvalue weighted by molar-refractivity contribution is 14.0. The number of nitrogens with one attached hydrogen (secondary N) is 2. The van der Waals surface area contributed by atoms with Crippen LogP contribution in [0.5, 0.6) is 0 Å². The third kappa shape index (κ3) is 3.29. The molecule has 1 aliphatic rings. The van der Waals surface area contributed by atoms with Gasteiger partial charge in [0.05, 0.1) is 6.10 Å². The largest absolute Gasteiger partial charge is 0.378 e. The molecule has 0 aromatic heterocycles. The minimum Gasteiger partial charge on any atom is -0.378 e. The third-order valence-corrected chi connectivity index (χ3v) is 4.24. The molecule has 0 spiro atoms. The van der Waals surface area contributed by atoms with Gasteiger partial charge in [0.25, 0.3) is 0 Å². The van der Waals surface area contributed by atoms with Gasteiger partial charge < -0.3 is 15.4 Å². The van der Waals surface area contributed by atoms with E-state index in [1.165, 1.54) is 0 Å². The average molecular weight is 369 g/mol. The lowest BCUT2D eigenvalue weighted by atomic mass is 9.58. The summed E-state index contributed by atoms with van der Waals surface area (Å²) in [4.78, 5) is 4.19. The molecule has 108 valence electrons. The molecule has 0 aromatic carbocycles. The smallest absolute Gasteiger partial charge is 0.190 e. The highest BCUT2D eigenvalue weighted by atomic mass is 127. The number of rotatable bonds is 5. The summed E-state index contributed by atoms with van der Waals surface area (Å²) >= 11 is 0. The van der Waals surface area contributed by atoms with Crippen molar-refractivity contribution < 1.29 is 4.74 Å². The molecule has 1 aliphatic carbocycles. The van der Waals surface area contributed by atoms with Gasteiger partial charge in [-0.25, -0.2) is 0 Å². The van der Waals surface area contributed by atoms with Crippen LogP contribution in [0.1, 0.15) is 40.0 Å². The SMILES string of the molecule is CCOC1CC(NC(=NC)NC)C1(CC)CC.I. The van der Waals surface area contributed by atoms with Crippen LogP contribution in [0.25, 0.3) is 0 Å². The molecule has 1 fully saturated rings. The zero-order chi connectivity index (χ0) is 12.9. The van der Waals surface area contributed by atoms with Crippen LogP contribution in [0.15, 0.2) is 4.99 Å². The summed E-state index contributed by atoms with van der Waals surface area (Å²) in [5.74, 6) is 0.872. The molecular formula is C13H28IN3O. The summed E-state index contributed by atoms with van der Waals surface area (Å²) in [5.41, 5.74) is 0.267. The van der Waals surface area contributed by atoms with Crippen molar-refractivity contribution in [2.45, 2.75) is 52.2 Å². The van der Waals surface area contributed by atoms with Gasteiger partial charge in [-0.2, -0.15) is 0 Å². The highest BCUT2D eigenvalue weighted by Gasteiger charge is 2.53. The first-order chi connectivity index (χ1) is 8.18. The lowest BCUT2D eigenvalue weighted by Gasteiger charge is -2.55. The van der Waals surface area contributed by atoms with Crippen molar-refractivity contribution in [2.24, 2.45) is 10.4 Å². The quantitative estimate of drug-likeness (QED) is 0.444. The Morgan fingerprint density at radius 2 is 1.94 bits per heavy atom. The zero-order valence-corrected chi connectivity index (χ0v) is 14.6. The Morgan fingerprint density at radius 1 is 1.33 bits per heavy atom. The predicted octanol–water partition coefficient (Wildman–Crippen LogP) is 2.38. The van der Waals surface area contributed by atoms with Crippen molar-refractivity contribution in [3.05, 3.63) is 0 Å². The fraction of sp³-hybridized carbons (Fsp3) is 0.923. The Bertz CT molecular complexity index is 267. The van der Waals surface area contributed by atoms with E-state index in [0.29, 0.717) is 12.1 Å². The van der Waals surface area contributed by atoms with Crippen LogP contribution >= 0.6 is 24.0 Å². The second-order valence-electron chi connectivity index (χ2n) is 4.64.